The molecule has 1 aliphatic heterocycles. The van der Waals surface area contributed by atoms with Crippen molar-refractivity contribution in [3.8, 4) is 0 Å². The summed E-state index contributed by atoms with van der Waals surface area (Å²) in [5, 5.41) is 4.72. The Morgan fingerprint density at radius 3 is 2.11 bits per heavy atom. The highest BCUT2D eigenvalue weighted by Gasteiger charge is 2.53. The van der Waals surface area contributed by atoms with Crippen LogP contribution in [0.5, 0.6) is 0 Å². The summed E-state index contributed by atoms with van der Waals surface area (Å²) in [5.41, 5.74) is -0.0726. The van der Waals surface area contributed by atoms with Crippen molar-refractivity contribution in [2.24, 2.45) is 0 Å². The van der Waals surface area contributed by atoms with Gasteiger partial charge in [-0.25, -0.2) is 4.79 Å². The maximum Gasteiger partial charge on any atom is 0.326 e. The lowest BCUT2D eigenvalue weighted by Crippen LogP contribution is -2.45. The smallest absolute Gasteiger partial charge is 0.326 e. The van der Waals surface area contributed by atoms with Crippen molar-refractivity contribution >= 4 is 35.2 Å². The molecule has 1 saturated heterocycles. The zero-order valence-corrected chi connectivity index (χ0v) is 15.1. The first-order valence-electron chi connectivity index (χ1n) is 8.17. The maximum absolute atomic E-state index is 13.3. The van der Waals surface area contributed by atoms with Crippen molar-refractivity contribution in [1.82, 2.24) is 15.5 Å². The fourth-order valence-corrected chi connectivity index (χ4v) is 3.63. The molecule has 2 aromatic rings. The van der Waals surface area contributed by atoms with Gasteiger partial charge < -0.3 is 10.6 Å². The minimum Gasteiger partial charge on any atom is -0.351 e. The summed E-state index contributed by atoms with van der Waals surface area (Å²) in [4.78, 5) is 48.9. The van der Waals surface area contributed by atoms with E-state index >= 15 is 0 Å². The number of carbonyl (C=O) groups is 4. The van der Waals surface area contributed by atoms with Gasteiger partial charge in [-0.2, -0.15) is 0 Å². The van der Waals surface area contributed by atoms with Crippen LogP contribution in [0.2, 0.25) is 0 Å². The molecule has 27 heavy (non-hydrogen) atoms. The maximum atomic E-state index is 13.3. The zero-order valence-electron chi connectivity index (χ0n) is 14.3. The lowest BCUT2D eigenvalue weighted by Gasteiger charge is -2.27. The summed E-state index contributed by atoms with van der Waals surface area (Å²) in [6.07, 6.45) is 0.419. The molecule has 1 fully saturated rings. The van der Waals surface area contributed by atoms with E-state index in [1.54, 1.807) is 48.5 Å². The molecule has 0 aliphatic carbocycles. The van der Waals surface area contributed by atoms with Crippen molar-refractivity contribution in [1.29, 1.82) is 0 Å². The predicted octanol–water partition coefficient (Wildman–Crippen LogP) is 1.45. The molecule has 0 aromatic heterocycles. The normalized spacial score (nSPS) is 15.3. The average molecular weight is 383 g/mol. The fourth-order valence-electron chi connectivity index (χ4n) is 2.94. The third kappa shape index (κ3) is 3.56. The van der Waals surface area contributed by atoms with Crippen LogP contribution in [0.25, 0.3) is 0 Å². The standard InChI is InChI=1S/C19H17N3O4S/c23-12-20-11-16(24)27-13-22-17(25)19(21-18(22)26,14-7-3-1-4-8-14)15-9-5-2-6-10-15/h1-10,12H,11,13H2,(H,20,23)(H,21,26). The van der Waals surface area contributed by atoms with Gasteiger partial charge in [-0.05, 0) is 11.1 Å². The quantitative estimate of drug-likeness (QED) is 0.557. The van der Waals surface area contributed by atoms with Crippen LogP contribution in [-0.2, 0) is 19.9 Å². The summed E-state index contributed by atoms with van der Waals surface area (Å²) >= 11 is 0.796. The zero-order chi connectivity index (χ0) is 19.3. The molecule has 0 spiro atoms. The number of nitrogens with one attached hydrogen (secondary N) is 2. The van der Waals surface area contributed by atoms with Gasteiger partial charge in [0.1, 0.15) is 0 Å². The van der Waals surface area contributed by atoms with Crippen LogP contribution in [0, 0.1) is 0 Å². The molecule has 0 atom stereocenters. The summed E-state index contributed by atoms with van der Waals surface area (Å²) in [6.45, 7) is -0.166. The minimum atomic E-state index is -1.34. The van der Waals surface area contributed by atoms with Gasteiger partial charge in [-0.1, -0.05) is 72.4 Å². The first kappa shape index (κ1) is 18.7. The molecule has 8 heteroatoms. The second-order valence-electron chi connectivity index (χ2n) is 5.79. The van der Waals surface area contributed by atoms with Gasteiger partial charge in [0.15, 0.2) is 5.54 Å². The third-order valence-electron chi connectivity index (χ3n) is 4.20. The highest BCUT2D eigenvalue weighted by atomic mass is 32.2. The van der Waals surface area contributed by atoms with Gasteiger partial charge in [-0.15, -0.1) is 0 Å². The monoisotopic (exact) mass is 383 g/mol. The van der Waals surface area contributed by atoms with Gasteiger partial charge in [0.2, 0.25) is 11.5 Å². The highest BCUT2D eigenvalue weighted by Crippen LogP contribution is 2.36. The molecular weight excluding hydrogens is 366 g/mol. The van der Waals surface area contributed by atoms with Gasteiger partial charge in [0.25, 0.3) is 5.91 Å². The SMILES string of the molecule is O=CNCC(=O)SCN1C(=O)NC(c2ccccc2)(c2ccccc2)C1=O. The van der Waals surface area contributed by atoms with E-state index in [-0.39, 0.29) is 17.5 Å². The number of benzene rings is 2. The van der Waals surface area contributed by atoms with E-state index in [2.05, 4.69) is 10.6 Å². The van der Waals surface area contributed by atoms with Crippen molar-refractivity contribution in [2.45, 2.75) is 5.54 Å². The second kappa shape index (κ2) is 8.05. The number of hydrogen-bond donors (Lipinski definition) is 2. The number of imide groups is 1. The molecule has 1 aliphatic rings. The van der Waals surface area contributed by atoms with Gasteiger partial charge in [0, 0.05) is 0 Å². The molecule has 1 heterocycles. The summed E-state index contributed by atoms with van der Waals surface area (Å²) in [7, 11) is 0. The van der Waals surface area contributed by atoms with Crippen molar-refractivity contribution < 1.29 is 19.2 Å². The van der Waals surface area contributed by atoms with Crippen LogP contribution in [0.1, 0.15) is 11.1 Å². The fraction of sp³-hybridized carbons (Fsp3) is 0.158. The van der Waals surface area contributed by atoms with Crippen LogP contribution in [0.3, 0.4) is 0 Å². The molecule has 2 N–H and O–H groups in total. The van der Waals surface area contributed by atoms with Crippen molar-refractivity contribution in [3.05, 3.63) is 71.8 Å². The largest absolute Gasteiger partial charge is 0.351 e. The highest BCUT2D eigenvalue weighted by molar-refractivity contribution is 8.13. The second-order valence-corrected chi connectivity index (χ2v) is 6.79. The molecule has 0 saturated carbocycles. The van der Waals surface area contributed by atoms with Crippen LogP contribution in [0.15, 0.2) is 60.7 Å². The summed E-state index contributed by atoms with van der Waals surface area (Å²) < 4.78 is 0. The van der Waals surface area contributed by atoms with E-state index in [4.69, 9.17) is 0 Å². The number of thioether (sulfide) groups is 1. The Hall–Kier alpha value is -3.13. The van der Waals surface area contributed by atoms with Gasteiger partial charge >= 0.3 is 6.03 Å². The number of urea groups is 1. The Morgan fingerprint density at radius 1 is 1.04 bits per heavy atom. The molecule has 4 amide bonds. The van der Waals surface area contributed by atoms with Crippen LogP contribution < -0.4 is 10.6 Å². The summed E-state index contributed by atoms with van der Waals surface area (Å²) in [6, 6.07) is 17.4. The molecule has 3 rings (SSSR count). The van der Waals surface area contributed by atoms with E-state index in [1.807, 2.05) is 12.1 Å². The van der Waals surface area contributed by atoms with Crippen molar-refractivity contribution in [3.63, 3.8) is 0 Å². The molecule has 138 valence electrons. The number of nitrogens with zero attached hydrogens (tertiary/aromatic N) is 1. The Balaban J connectivity index is 1.92. The lowest BCUT2D eigenvalue weighted by atomic mass is 9.83. The van der Waals surface area contributed by atoms with E-state index < -0.39 is 17.5 Å². The summed E-state index contributed by atoms with van der Waals surface area (Å²) in [5.74, 6) is -0.584. The van der Waals surface area contributed by atoms with E-state index in [9.17, 15) is 19.2 Å². The lowest BCUT2D eigenvalue weighted by molar-refractivity contribution is -0.129. The Bertz CT molecular complexity index is 818. The Morgan fingerprint density at radius 2 is 1.59 bits per heavy atom. The first-order chi connectivity index (χ1) is 13.1. The molecule has 2 aromatic carbocycles. The minimum absolute atomic E-state index is 0.133. The first-order valence-corrected chi connectivity index (χ1v) is 9.16. The van der Waals surface area contributed by atoms with E-state index in [0.717, 1.165) is 16.7 Å². The Kier molecular flexibility index (Phi) is 5.56. The molecule has 0 unspecified atom stereocenters. The average Bonchev–Trinajstić information content (AvgIpc) is 2.97. The van der Waals surface area contributed by atoms with E-state index in [0.29, 0.717) is 17.5 Å². The number of amides is 4. The van der Waals surface area contributed by atoms with Crippen molar-refractivity contribution in [2.75, 3.05) is 12.4 Å². The topological polar surface area (TPSA) is 95.6 Å². The van der Waals surface area contributed by atoms with Crippen LogP contribution in [0.4, 0.5) is 4.79 Å². The van der Waals surface area contributed by atoms with Gasteiger partial charge in [-0.3, -0.25) is 19.3 Å². The number of hydrogen-bond acceptors (Lipinski definition) is 5. The van der Waals surface area contributed by atoms with Crippen LogP contribution >= 0.6 is 11.8 Å². The van der Waals surface area contributed by atoms with E-state index in [1.165, 1.54) is 0 Å². The molecule has 0 radical (unpaired) electrons. The molecule has 7 nitrogen and oxygen atoms in total. The third-order valence-corrected chi connectivity index (χ3v) is 5.06. The Labute approximate surface area is 160 Å². The van der Waals surface area contributed by atoms with Crippen LogP contribution in [-0.4, -0.2) is 40.8 Å². The number of rotatable bonds is 7. The molecule has 0 bridgehead atoms. The number of carbonyl (C=O) groups excluding carboxylic acids is 4. The predicted molar refractivity (Wildman–Crippen MR) is 101 cm³/mol. The molecular formula is C19H17N3O4S. The van der Waals surface area contributed by atoms with Gasteiger partial charge in [0.05, 0.1) is 12.4 Å².